The molecule has 0 spiro atoms. The molecule has 0 atom stereocenters. The highest BCUT2D eigenvalue weighted by Crippen LogP contribution is 2.28. The molecule has 0 unspecified atom stereocenters. The predicted octanol–water partition coefficient (Wildman–Crippen LogP) is 2.65. The number of halogens is 1. The van der Waals surface area contributed by atoms with Gasteiger partial charge >= 0.3 is 6.08 Å². The second kappa shape index (κ2) is 8.74. The molecule has 172 valence electrons. The third-order valence-corrected chi connectivity index (χ3v) is 7.44. The number of hydrogen-bond acceptors (Lipinski definition) is 6. The largest absolute Gasteiger partial charge is 0.382 e. The van der Waals surface area contributed by atoms with Gasteiger partial charge in [0.15, 0.2) is 17.0 Å². The number of imidazole rings is 1. The van der Waals surface area contributed by atoms with Gasteiger partial charge in [-0.3, -0.25) is 0 Å². The Morgan fingerprint density at radius 3 is 2.62 bits per heavy atom. The van der Waals surface area contributed by atoms with Crippen molar-refractivity contribution >= 4 is 27.0 Å². The third-order valence-electron chi connectivity index (χ3n) is 5.78. The molecular weight excluding hydrogens is 431 g/mol. The number of nitrogens with two attached hydrogens (primary N) is 1. The molecule has 3 N–H and O–H groups in total. The molecule has 1 aliphatic rings. The molecule has 10 heteroatoms. The zero-order valence-corrected chi connectivity index (χ0v) is 19.5. The molecule has 2 aromatic heterocycles. The summed E-state index contributed by atoms with van der Waals surface area (Å²) in [6.07, 6.45) is 3.28. The van der Waals surface area contributed by atoms with Crippen LogP contribution in [0.3, 0.4) is 0 Å². The van der Waals surface area contributed by atoms with Crippen molar-refractivity contribution in [1.82, 2.24) is 24.2 Å². The molecule has 0 aliphatic heterocycles. The maximum atomic E-state index is 13.9. The summed E-state index contributed by atoms with van der Waals surface area (Å²) in [6, 6.07) is 4.30. The molecule has 3 aromatic rings. The molecular formula is C22H29FN6O2S. The van der Waals surface area contributed by atoms with E-state index in [0.717, 1.165) is 18.4 Å². The Bertz CT molecular complexity index is 1270. The Morgan fingerprint density at radius 1 is 1.19 bits per heavy atom. The molecule has 2 heterocycles. The number of benzene rings is 1. The second-order valence-electron chi connectivity index (χ2n) is 8.75. The van der Waals surface area contributed by atoms with Crippen molar-refractivity contribution in [2.75, 3.05) is 11.5 Å². The quantitative estimate of drug-likeness (QED) is 0.499. The van der Waals surface area contributed by atoms with Gasteiger partial charge in [-0.2, -0.15) is 14.4 Å². The Morgan fingerprint density at radius 2 is 1.91 bits per heavy atom. The van der Waals surface area contributed by atoms with Crippen LogP contribution < -0.4 is 10.5 Å². The van der Waals surface area contributed by atoms with Gasteiger partial charge in [-0.15, -0.1) is 0 Å². The highest BCUT2D eigenvalue weighted by Gasteiger charge is 2.20. The minimum atomic E-state index is -3.40. The summed E-state index contributed by atoms with van der Waals surface area (Å²) in [5.74, 6) is 0.597. The highest BCUT2D eigenvalue weighted by molar-refractivity contribution is 7.89. The molecule has 1 aliphatic carbocycles. The number of nitrogens with zero attached hydrogens (tertiary/aromatic N) is 4. The van der Waals surface area contributed by atoms with Gasteiger partial charge in [-0.25, -0.2) is 18.1 Å². The van der Waals surface area contributed by atoms with Crippen molar-refractivity contribution in [2.24, 2.45) is 0 Å². The van der Waals surface area contributed by atoms with Crippen molar-refractivity contribution in [3.8, 4) is 0 Å². The molecule has 8 nitrogen and oxygen atoms in total. The first kappa shape index (κ1) is 22.6. The van der Waals surface area contributed by atoms with E-state index in [1.165, 1.54) is 23.1 Å². The first-order valence-electron chi connectivity index (χ1n) is 10.9. The predicted molar refractivity (Wildman–Crippen MR) is 122 cm³/mol. The van der Waals surface area contributed by atoms with Crippen LogP contribution in [-0.4, -0.2) is 39.7 Å². The first-order valence-corrected chi connectivity index (χ1v) is 12.6. The van der Waals surface area contributed by atoms with Crippen LogP contribution in [0.2, 0.25) is 0 Å². The molecule has 32 heavy (non-hydrogen) atoms. The average molecular weight is 461 g/mol. The fourth-order valence-corrected chi connectivity index (χ4v) is 5.74. The van der Waals surface area contributed by atoms with Crippen molar-refractivity contribution in [1.29, 1.82) is 0 Å². The number of anilines is 1. The highest BCUT2D eigenvalue weighted by atomic mass is 32.2. The van der Waals surface area contributed by atoms with Gasteiger partial charge in [-0.1, -0.05) is 12.1 Å². The number of fused-ring (bicyclic) bond motifs is 2. The first-order chi connectivity index (χ1) is 15.1. The van der Waals surface area contributed by atoms with Gasteiger partial charge < -0.3 is 10.3 Å². The molecule has 0 amide bonds. The SMILES string of the molecule is Cc1cc2c(cc1Cc1nc3c(N)nc(F)nc3n1CCCS(=O)(=O)NC(C)C)CCC2. The van der Waals surface area contributed by atoms with Crippen LogP contribution in [0.15, 0.2) is 12.1 Å². The van der Waals surface area contributed by atoms with Gasteiger partial charge in [-0.05, 0) is 68.7 Å². The Kier molecular flexibility index (Phi) is 6.17. The van der Waals surface area contributed by atoms with E-state index in [2.05, 4.69) is 38.7 Å². The van der Waals surface area contributed by atoms with Crippen LogP contribution in [0.25, 0.3) is 11.2 Å². The molecule has 0 fully saturated rings. The van der Waals surface area contributed by atoms with Gasteiger partial charge in [0.25, 0.3) is 0 Å². The monoisotopic (exact) mass is 460 g/mol. The lowest BCUT2D eigenvalue weighted by atomic mass is 9.98. The van der Waals surface area contributed by atoms with Crippen molar-refractivity contribution in [2.45, 2.75) is 65.5 Å². The van der Waals surface area contributed by atoms with Gasteiger partial charge in [0.2, 0.25) is 10.0 Å². The van der Waals surface area contributed by atoms with Crippen molar-refractivity contribution in [3.05, 3.63) is 46.3 Å². The lowest BCUT2D eigenvalue weighted by Crippen LogP contribution is -2.32. The molecule has 0 saturated carbocycles. The lowest BCUT2D eigenvalue weighted by molar-refractivity contribution is 0.539. The minimum Gasteiger partial charge on any atom is -0.382 e. The van der Waals surface area contributed by atoms with Crippen molar-refractivity contribution in [3.63, 3.8) is 0 Å². The number of nitrogens with one attached hydrogen (secondary N) is 1. The van der Waals surface area contributed by atoms with Crippen LogP contribution in [0.4, 0.5) is 10.2 Å². The van der Waals surface area contributed by atoms with Crippen LogP contribution in [-0.2, 0) is 35.8 Å². The van der Waals surface area contributed by atoms with Crippen molar-refractivity contribution < 1.29 is 12.8 Å². The smallest absolute Gasteiger partial charge is 0.312 e. The summed E-state index contributed by atoms with van der Waals surface area (Å²) < 4.78 is 42.7. The van der Waals surface area contributed by atoms with E-state index in [-0.39, 0.29) is 23.3 Å². The van der Waals surface area contributed by atoms with E-state index in [9.17, 15) is 12.8 Å². The summed E-state index contributed by atoms with van der Waals surface area (Å²) >= 11 is 0. The molecule has 0 saturated heterocycles. The number of sulfonamides is 1. The topological polar surface area (TPSA) is 116 Å². The van der Waals surface area contributed by atoms with E-state index in [0.29, 0.717) is 30.7 Å². The van der Waals surface area contributed by atoms with E-state index in [1.54, 1.807) is 18.4 Å². The lowest BCUT2D eigenvalue weighted by Gasteiger charge is -2.13. The van der Waals surface area contributed by atoms with Crippen LogP contribution in [0.5, 0.6) is 0 Å². The third kappa shape index (κ3) is 4.75. The Hall–Kier alpha value is -2.59. The van der Waals surface area contributed by atoms with Gasteiger partial charge in [0.05, 0.1) is 5.75 Å². The number of rotatable bonds is 8. The number of nitrogen functional groups attached to an aromatic ring is 1. The fourth-order valence-electron chi connectivity index (χ4n) is 4.40. The second-order valence-corrected chi connectivity index (χ2v) is 10.6. The van der Waals surface area contributed by atoms with Crippen LogP contribution in [0.1, 0.15) is 54.8 Å². The number of aromatic nitrogens is 4. The number of hydrogen-bond donors (Lipinski definition) is 2. The summed E-state index contributed by atoms with van der Waals surface area (Å²) in [6.45, 7) is 5.96. The summed E-state index contributed by atoms with van der Waals surface area (Å²) in [5, 5.41) is 0. The molecule has 0 bridgehead atoms. The van der Waals surface area contributed by atoms with E-state index >= 15 is 0 Å². The summed E-state index contributed by atoms with van der Waals surface area (Å²) in [5.41, 5.74) is 11.6. The fraction of sp³-hybridized carbons (Fsp3) is 0.500. The molecule has 1 aromatic carbocycles. The van der Waals surface area contributed by atoms with Gasteiger partial charge in [0, 0.05) is 19.0 Å². The number of aryl methyl sites for hydroxylation is 4. The zero-order valence-electron chi connectivity index (χ0n) is 18.7. The molecule has 0 radical (unpaired) electrons. The zero-order chi connectivity index (χ0) is 23.0. The standard InChI is InChI=1S/C22H29FN6O2S/c1-13(2)28-32(30,31)9-5-8-29-18(25-19-20(24)26-22(23)27-21(19)29)12-17-11-16-7-4-6-15(16)10-14(17)3/h10-11,13,28H,4-9,12H2,1-3H3,(H2,24,26,27). The van der Waals surface area contributed by atoms with E-state index < -0.39 is 16.1 Å². The van der Waals surface area contributed by atoms with E-state index in [4.69, 9.17) is 5.73 Å². The average Bonchev–Trinajstić information content (AvgIpc) is 3.26. The van der Waals surface area contributed by atoms with E-state index in [1.807, 2.05) is 0 Å². The Labute approximate surface area is 187 Å². The summed E-state index contributed by atoms with van der Waals surface area (Å²) in [7, 11) is -3.40. The van der Waals surface area contributed by atoms with Crippen LogP contribution >= 0.6 is 0 Å². The van der Waals surface area contributed by atoms with Gasteiger partial charge in [0.1, 0.15) is 5.82 Å². The summed E-state index contributed by atoms with van der Waals surface area (Å²) in [4.78, 5) is 12.1. The Balaban J connectivity index is 1.67. The normalized spacial score (nSPS) is 13.9. The maximum absolute atomic E-state index is 13.9. The molecule has 4 rings (SSSR count). The minimum absolute atomic E-state index is 0.0210. The van der Waals surface area contributed by atoms with Crippen LogP contribution in [0, 0.1) is 13.0 Å². The maximum Gasteiger partial charge on any atom is 0.312 e.